The van der Waals surface area contributed by atoms with Crippen LogP contribution in [-0.2, 0) is 10.3 Å². The molecule has 35 heavy (non-hydrogen) atoms. The van der Waals surface area contributed by atoms with E-state index in [1.807, 2.05) is 6.07 Å². The third kappa shape index (κ3) is 8.42. The third-order valence-corrected chi connectivity index (χ3v) is 7.91. The van der Waals surface area contributed by atoms with Gasteiger partial charge in [-0.3, -0.25) is 4.90 Å². The third-order valence-electron chi connectivity index (χ3n) is 7.91. The average molecular weight is 479 g/mol. The Morgan fingerprint density at radius 3 is 1.89 bits per heavy atom. The lowest BCUT2D eigenvalue weighted by molar-refractivity contribution is -0.0361. The first-order valence-corrected chi connectivity index (χ1v) is 14.1. The van der Waals surface area contributed by atoms with E-state index >= 15 is 0 Å². The van der Waals surface area contributed by atoms with Crippen LogP contribution in [0.4, 0.5) is 0 Å². The minimum absolute atomic E-state index is 0.495. The number of morpholine rings is 1. The van der Waals surface area contributed by atoms with E-state index in [2.05, 4.69) is 58.7 Å². The molecule has 0 radical (unpaired) electrons. The second kappa shape index (κ2) is 14.1. The van der Waals surface area contributed by atoms with Gasteiger partial charge < -0.3 is 15.2 Å². The maximum absolute atomic E-state index is 12.1. The summed E-state index contributed by atoms with van der Waals surface area (Å²) in [4.78, 5) is 2.36. The van der Waals surface area contributed by atoms with Crippen LogP contribution in [0.5, 0.6) is 0 Å². The Kier molecular flexibility index (Phi) is 10.6. The molecule has 0 aromatic heterocycles. The Morgan fingerprint density at radius 2 is 1.29 bits per heavy atom. The number of benzene rings is 2. The summed E-state index contributed by atoms with van der Waals surface area (Å²) in [6.45, 7) is 4.50. The number of ether oxygens (including phenoxy) is 1. The van der Waals surface area contributed by atoms with E-state index in [4.69, 9.17) is 4.74 Å². The van der Waals surface area contributed by atoms with Crippen LogP contribution < -0.4 is 5.32 Å². The minimum Gasteiger partial charge on any atom is -0.382 e. The monoisotopic (exact) mass is 478 g/mol. The van der Waals surface area contributed by atoms with Crippen LogP contribution in [0.2, 0.25) is 0 Å². The van der Waals surface area contributed by atoms with Crippen LogP contribution in [0.15, 0.2) is 54.6 Å². The van der Waals surface area contributed by atoms with Gasteiger partial charge in [-0.1, -0.05) is 112 Å². The number of rotatable bonds is 7. The normalized spacial score (nSPS) is 21.5. The highest BCUT2D eigenvalue weighted by atomic mass is 16.5. The van der Waals surface area contributed by atoms with Gasteiger partial charge in [-0.25, -0.2) is 0 Å². The Hall–Kier alpha value is -1.72. The van der Waals surface area contributed by atoms with Crippen LogP contribution in [0, 0.1) is 0 Å². The van der Waals surface area contributed by atoms with E-state index in [9.17, 15) is 5.11 Å². The van der Waals surface area contributed by atoms with Crippen LogP contribution in [0.25, 0.3) is 11.1 Å². The number of aliphatic hydroxyl groups is 1. The Morgan fingerprint density at radius 1 is 0.743 bits per heavy atom. The maximum atomic E-state index is 12.1. The quantitative estimate of drug-likeness (QED) is 0.502. The van der Waals surface area contributed by atoms with Crippen molar-refractivity contribution < 1.29 is 9.84 Å². The standard InChI is InChI=1S/C31H46N2O2/c34-31(26-33-21-23-35-24-22-33,29-19-17-28(18-20-29)27-13-9-8-10-14-27)25-32-30-15-11-6-4-2-1-3-5-7-12-16-30/h8-10,13-14,17-20,30,32,34H,1-7,11-12,15-16,21-26H2. The molecule has 1 aliphatic heterocycles. The lowest BCUT2D eigenvalue weighted by atomic mass is 9.90. The highest BCUT2D eigenvalue weighted by Gasteiger charge is 2.33. The van der Waals surface area contributed by atoms with Crippen molar-refractivity contribution in [3.63, 3.8) is 0 Å². The predicted octanol–water partition coefficient (Wildman–Crippen LogP) is 6.14. The number of nitrogens with one attached hydrogen (secondary N) is 1. The molecule has 0 spiro atoms. The van der Waals surface area contributed by atoms with Crippen LogP contribution in [-0.4, -0.2) is 55.4 Å². The van der Waals surface area contributed by atoms with Gasteiger partial charge in [0.1, 0.15) is 5.60 Å². The molecule has 1 heterocycles. The van der Waals surface area contributed by atoms with Gasteiger partial charge in [0.2, 0.25) is 0 Å². The molecule has 2 aromatic carbocycles. The first-order valence-electron chi connectivity index (χ1n) is 14.1. The molecule has 2 fully saturated rings. The van der Waals surface area contributed by atoms with E-state index in [-0.39, 0.29) is 0 Å². The Labute approximate surface area is 213 Å². The highest BCUT2D eigenvalue weighted by Crippen LogP contribution is 2.27. The van der Waals surface area contributed by atoms with Crippen molar-refractivity contribution in [1.29, 1.82) is 0 Å². The molecule has 192 valence electrons. The molecule has 0 amide bonds. The largest absolute Gasteiger partial charge is 0.382 e. The molecule has 1 atom stereocenters. The zero-order valence-corrected chi connectivity index (χ0v) is 21.6. The van der Waals surface area contributed by atoms with E-state index in [1.54, 1.807) is 0 Å². The molecule has 2 aromatic rings. The fraction of sp³-hybridized carbons (Fsp3) is 0.613. The van der Waals surface area contributed by atoms with Crippen LogP contribution >= 0.6 is 0 Å². The average Bonchev–Trinajstić information content (AvgIpc) is 2.90. The summed E-state index contributed by atoms with van der Waals surface area (Å²) in [5, 5.41) is 15.9. The van der Waals surface area contributed by atoms with Crippen LogP contribution in [0.3, 0.4) is 0 Å². The SMILES string of the molecule is OC(CNC1CCCCCCCCCCC1)(CN1CCOCC1)c1ccc(-c2ccccc2)cc1. The molecular weight excluding hydrogens is 432 g/mol. The predicted molar refractivity (Wildman–Crippen MR) is 146 cm³/mol. The van der Waals surface area contributed by atoms with E-state index < -0.39 is 5.60 Å². The van der Waals surface area contributed by atoms with Crippen LogP contribution in [0.1, 0.15) is 76.2 Å². The summed E-state index contributed by atoms with van der Waals surface area (Å²) in [6, 6.07) is 19.5. The first kappa shape index (κ1) is 26.3. The maximum Gasteiger partial charge on any atom is 0.115 e. The molecule has 1 saturated carbocycles. The Bertz CT molecular complexity index is 823. The molecular formula is C31H46N2O2. The van der Waals surface area contributed by atoms with Gasteiger partial charge in [0, 0.05) is 32.2 Å². The van der Waals surface area contributed by atoms with Crippen molar-refractivity contribution in [2.75, 3.05) is 39.4 Å². The van der Waals surface area contributed by atoms with Gasteiger partial charge in [0.15, 0.2) is 0 Å². The molecule has 4 heteroatoms. The summed E-state index contributed by atoms with van der Waals surface area (Å²) in [5.74, 6) is 0. The van der Waals surface area contributed by atoms with Gasteiger partial charge in [-0.05, 0) is 29.5 Å². The number of hydrogen-bond acceptors (Lipinski definition) is 4. The molecule has 2 aliphatic rings. The van der Waals surface area contributed by atoms with Gasteiger partial charge in [0.05, 0.1) is 13.2 Å². The van der Waals surface area contributed by atoms with Crippen molar-refractivity contribution in [3.05, 3.63) is 60.2 Å². The van der Waals surface area contributed by atoms with Gasteiger partial charge in [-0.15, -0.1) is 0 Å². The summed E-state index contributed by atoms with van der Waals surface area (Å²) in [6.07, 6.45) is 14.7. The summed E-state index contributed by atoms with van der Waals surface area (Å²) in [7, 11) is 0. The number of nitrogens with zero attached hydrogens (tertiary/aromatic N) is 1. The molecule has 1 aliphatic carbocycles. The zero-order valence-electron chi connectivity index (χ0n) is 21.6. The van der Waals surface area contributed by atoms with Crippen molar-refractivity contribution in [3.8, 4) is 11.1 Å². The second-order valence-corrected chi connectivity index (χ2v) is 10.7. The van der Waals surface area contributed by atoms with E-state index in [0.717, 1.165) is 31.9 Å². The van der Waals surface area contributed by atoms with Crippen molar-refractivity contribution in [2.45, 2.75) is 82.3 Å². The number of β-amino-alcohol motifs (C(OH)–C–C–N with tert-alkyl or cyclic N) is 1. The van der Waals surface area contributed by atoms with Crippen molar-refractivity contribution >= 4 is 0 Å². The highest BCUT2D eigenvalue weighted by molar-refractivity contribution is 5.63. The summed E-state index contributed by atoms with van der Waals surface area (Å²) < 4.78 is 5.57. The zero-order chi connectivity index (χ0) is 24.2. The van der Waals surface area contributed by atoms with Gasteiger partial charge >= 0.3 is 0 Å². The lowest BCUT2D eigenvalue weighted by Gasteiger charge is -2.37. The Balaban J connectivity index is 1.45. The smallest absolute Gasteiger partial charge is 0.115 e. The fourth-order valence-electron chi connectivity index (χ4n) is 5.66. The minimum atomic E-state index is -0.920. The molecule has 0 bridgehead atoms. The first-order chi connectivity index (χ1) is 17.2. The molecule has 4 rings (SSSR count). The molecule has 1 unspecified atom stereocenters. The summed E-state index contributed by atoms with van der Waals surface area (Å²) >= 11 is 0. The van der Waals surface area contributed by atoms with E-state index in [0.29, 0.717) is 19.1 Å². The van der Waals surface area contributed by atoms with Gasteiger partial charge in [0.25, 0.3) is 0 Å². The molecule has 2 N–H and O–H groups in total. The summed E-state index contributed by atoms with van der Waals surface area (Å²) in [5.41, 5.74) is 2.48. The fourth-order valence-corrected chi connectivity index (χ4v) is 5.66. The van der Waals surface area contributed by atoms with Crippen molar-refractivity contribution in [1.82, 2.24) is 10.2 Å². The molecule has 4 nitrogen and oxygen atoms in total. The second-order valence-electron chi connectivity index (χ2n) is 10.7. The molecule has 1 saturated heterocycles. The van der Waals surface area contributed by atoms with Gasteiger partial charge in [-0.2, -0.15) is 0 Å². The topological polar surface area (TPSA) is 44.7 Å². The number of hydrogen-bond donors (Lipinski definition) is 2. The lowest BCUT2D eigenvalue weighted by Crippen LogP contribution is -2.51. The van der Waals surface area contributed by atoms with Crippen molar-refractivity contribution in [2.24, 2.45) is 0 Å². The van der Waals surface area contributed by atoms with E-state index in [1.165, 1.54) is 81.8 Å².